The molecule has 0 radical (unpaired) electrons. The third-order valence-corrected chi connectivity index (χ3v) is 5.61. The van der Waals surface area contributed by atoms with Crippen molar-refractivity contribution in [1.29, 1.82) is 0 Å². The van der Waals surface area contributed by atoms with Crippen molar-refractivity contribution < 1.29 is 19.1 Å². The van der Waals surface area contributed by atoms with Gasteiger partial charge in [0.1, 0.15) is 6.54 Å². The second-order valence-corrected chi connectivity index (χ2v) is 8.13. The van der Waals surface area contributed by atoms with Crippen LogP contribution < -0.4 is 10.6 Å². The van der Waals surface area contributed by atoms with Gasteiger partial charge in [0.05, 0.1) is 25.7 Å². The molecule has 1 saturated carbocycles. The maximum absolute atomic E-state index is 11.9. The lowest BCUT2D eigenvalue weighted by Gasteiger charge is -2.29. The van der Waals surface area contributed by atoms with Gasteiger partial charge in [-0.1, -0.05) is 0 Å². The van der Waals surface area contributed by atoms with Gasteiger partial charge in [-0.05, 0) is 45.6 Å². The van der Waals surface area contributed by atoms with E-state index in [4.69, 9.17) is 9.47 Å². The Hall–Kier alpha value is -1.87. The van der Waals surface area contributed by atoms with Crippen LogP contribution in [0.3, 0.4) is 0 Å². The number of carbonyl (C=O) groups excluding carboxylic acids is 2. The van der Waals surface area contributed by atoms with Crippen LogP contribution in [0.1, 0.15) is 39.0 Å². The van der Waals surface area contributed by atoms with E-state index in [2.05, 4.69) is 20.5 Å². The Balaban J connectivity index is 1.79. The van der Waals surface area contributed by atoms with Crippen LogP contribution in [0.4, 0.5) is 0 Å². The van der Waals surface area contributed by atoms with Gasteiger partial charge in [0.2, 0.25) is 5.91 Å². The predicted octanol–water partition coefficient (Wildman–Crippen LogP) is 0.454. The van der Waals surface area contributed by atoms with E-state index in [1.54, 1.807) is 19.0 Å². The molecule has 1 aliphatic carbocycles. The summed E-state index contributed by atoms with van der Waals surface area (Å²) in [4.78, 5) is 32.3. The Bertz CT molecular complexity index is 556. The van der Waals surface area contributed by atoms with Crippen molar-refractivity contribution in [2.75, 3.05) is 66.6 Å². The highest BCUT2D eigenvalue weighted by atomic mass is 16.5. The first kappa shape index (κ1) is 24.4. The molecule has 2 fully saturated rings. The normalized spacial score (nSPS) is 23.0. The first-order chi connectivity index (χ1) is 14.5. The van der Waals surface area contributed by atoms with Crippen LogP contribution in [0, 0.1) is 5.92 Å². The average molecular weight is 426 g/mol. The number of nitrogens with one attached hydrogen (secondary N) is 2. The summed E-state index contributed by atoms with van der Waals surface area (Å²) in [5.74, 6) is 0.560. The van der Waals surface area contributed by atoms with E-state index in [0.29, 0.717) is 12.6 Å². The molecule has 0 bridgehead atoms. The van der Waals surface area contributed by atoms with E-state index in [-0.39, 0.29) is 30.4 Å². The van der Waals surface area contributed by atoms with Crippen molar-refractivity contribution >= 4 is 17.8 Å². The molecular formula is C21H39N5O4. The van der Waals surface area contributed by atoms with Crippen molar-refractivity contribution in [1.82, 2.24) is 20.4 Å². The lowest BCUT2D eigenvalue weighted by Crippen LogP contribution is -2.46. The number of carbonyl (C=O) groups is 2. The molecule has 0 atom stereocenters. The number of morpholine rings is 1. The molecular weight excluding hydrogens is 386 g/mol. The lowest BCUT2D eigenvalue weighted by atomic mass is 9.86. The lowest BCUT2D eigenvalue weighted by molar-refractivity contribution is -0.149. The first-order valence-electron chi connectivity index (χ1n) is 11.2. The quantitative estimate of drug-likeness (QED) is 0.240. The average Bonchev–Trinajstić information content (AvgIpc) is 2.75. The number of likely N-dealkylation sites (N-methyl/N-ethyl adjacent to an activating group) is 1. The van der Waals surface area contributed by atoms with E-state index in [0.717, 1.165) is 71.5 Å². The predicted molar refractivity (Wildman–Crippen MR) is 116 cm³/mol. The molecule has 2 N–H and O–H groups in total. The molecule has 0 aromatic carbocycles. The van der Waals surface area contributed by atoms with Gasteiger partial charge in [0, 0.05) is 39.8 Å². The number of esters is 1. The molecule has 1 heterocycles. The molecule has 172 valence electrons. The fourth-order valence-electron chi connectivity index (χ4n) is 3.70. The molecule has 0 spiro atoms. The number of guanidine groups is 1. The van der Waals surface area contributed by atoms with Crippen LogP contribution in [0.5, 0.6) is 0 Å². The minimum atomic E-state index is -0.0809. The summed E-state index contributed by atoms with van der Waals surface area (Å²) >= 11 is 0. The fourth-order valence-corrected chi connectivity index (χ4v) is 3.70. The van der Waals surface area contributed by atoms with E-state index in [9.17, 15) is 9.59 Å². The highest BCUT2D eigenvalue weighted by Gasteiger charge is 2.27. The van der Waals surface area contributed by atoms with Gasteiger partial charge < -0.3 is 25.0 Å². The van der Waals surface area contributed by atoms with Crippen molar-refractivity contribution in [3.63, 3.8) is 0 Å². The number of hydrogen-bond donors (Lipinski definition) is 2. The molecule has 2 aliphatic rings. The number of aliphatic imine (C=N–C) groups is 1. The largest absolute Gasteiger partial charge is 0.466 e. The molecule has 0 unspecified atom stereocenters. The summed E-state index contributed by atoms with van der Waals surface area (Å²) in [6.45, 7) is 7.79. The summed E-state index contributed by atoms with van der Waals surface area (Å²) in [5.41, 5.74) is 0. The molecule has 9 heteroatoms. The minimum absolute atomic E-state index is 0.000175. The minimum Gasteiger partial charge on any atom is -0.466 e. The number of nitrogens with zero attached hydrogens (tertiary/aromatic N) is 3. The van der Waals surface area contributed by atoms with Gasteiger partial charge in [0.25, 0.3) is 0 Å². The van der Waals surface area contributed by atoms with Crippen molar-refractivity contribution in [2.45, 2.75) is 45.1 Å². The Morgan fingerprint density at radius 1 is 1.17 bits per heavy atom. The van der Waals surface area contributed by atoms with Gasteiger partial charge >= 0.3 is 5.97 Å². The van der Waals surface area contributed by atoms with E-state index >= 15 is 0 Å². The Morgan fingerprint density at radius 2 is 1.87 bits per heavy atom. The third kappa shape index (κ3) is 8.87. The molecule has 1 saturated heterocycles. The summed E-state index contributed by atoms with van der Waals surface area (Å²) in [6.07, 6.45) is 4.41. The van der Waals surface area contributed by atoms with Gasteiger partial charge in [-0.25, -0.2) is 4.99 Å². The topological polar surface area (TPSA) is 95.5 Å². The number of ether oxygens (including phenoxy) is 2. The molecule has 1 amide bonds. The second-order valence-electron chi connectivity index (χ2n) is 8.13. The van der Waals surface area contributed by atoms with Gasteiger partial charge in [0.15, 0.2) is 5.96 Å². The van der Waals surface area contributed by atoms with Crippen LogP contribution >= 0.6 is 0 Å². The molecule has 9 nitrogen and oxygen atoms in total. The number of hydrogen-bond acceptors (Lipinski definition) is 6. The highest BCUT2D eigenvalue weighted by molar-refractivity contribution is 5.85. The standard InChI is InChI=1S/C21H39N5O4/c1-4-30-20(28)17-6-8-18(9-7-17)24-21(23-16-19(27)25(2)3)22-10-5-11-26-12-14-29-15-13-26/h17-18H,4-16H2,1-3H3,(H2,22,23,24). The summed E-state index contributed by atoms with van der Waals surface area (Å²) in [5, 5.41) is 6.84. The summed E-state index contributed by atoms with van der Waals surface area (Å²) in [7, 11) is 3.47. The number of rotatable bonds is 9. The van der Waals surface area contributed by atoms with Gasteiger partial charge in [-0.15, -0.1) is 0 Å². The highest BCUT2D eigenvalue weighted by Crippen LogP contribution is 2.25. The van der Waals surface area contributed by atoms with Crippen LogP contribution in [0.15, 0.2) is 4.99 Å². The second kappa shape index (κ2) is 13.4. The Labute approximate surface area is 180 Å². The van der Waals surface area contributed by atoms with E-state index in [1.165, 1.54) is 0 Å². The summed E-state index contributed by atoms with van der Waals surface area (Å²) < 4.78 is 10.5. The number of amides is 1. The zero-order valence-corrected chi connectivity index (χ0v) is 18.8. The van der Waals surface area contributed by atoms with E-state index < -0.39 is 0 Å². The fraction of sp³-hybridized carbons (Fsp3) is 0.857. The Kier molecular flexibility index (Phi) is 10.9. The van der Waals surface area contributed by atoms with Crippen LogP contribution in [-0.4, -0.2) is 100 Å². The van der Waals surface area contributed by atoms with Crippen molar-refractivity contribution in [3.05, 3.63) is 0 Å². The van der Waals surface area contributed by atoms with Gasteiger partial charge in [-0.2, -0.15) is 0 Å². The third-order valence-electron chi connectivity index (χ3n) is 5.61. The first-order valence-corrected chi connectivity index (χ1v) is 11.2. The van der Waals surface area contributed by atoms with Gasteiger partial charge in [-0.3, -0.25) is 14.5 Å². The van der Waals surface area contributed by atoms with Crippen molar-refractivity contribution in [2.24, 2.45) is 10.9 Å². The zero-order chi connectivity index (χ0) is 21.8. The maximum Gasteiger partial charge on any atom is 0.308 e. The molecule has 1 aliphatic heterocycles. The molecule has 0 aromatic rings. The Morgan fingerprint density at radius 3 is 2.50 bits per heavy atom. The van der Waals surface area contributed by atoms with Crippen LogP contribution in [0.2, 0.25) is 0 Å². The van der Waals surface area contributed by atoms with Crippen LogP contribution in [-0.2, 0) is 19.1 Å². The maximum atomic E-state index is 11.9. The van der Waals surface area contributed by atoms with Crippen molar-refractivity contribution in [3.8, 4) is 0 Å². The molecule has 2 rings (SSSR count). The SMILES string of the molecule is CCOC(=O)C1CCC(NC(=NCC(=O)N(C)C)NCCCN2CCOCC2)CC1. The smallest absolute Gasteiger partial charge is 0.308 e. The molecule has 0 aromatic heterocycles. The summed E-state index contributed by atoms with van der Waals surface area (Å²) in [6, 6.07) is 0.246. The zero-order valence-electron chi connectivity index (χ0n) is 18.8. The molecule has 30 heavy (non-hydrogen) atoms. The van der Waals surface area contributed by atoms with Crippen LogP contribution in [0.25, 0.3) is 0 Å². The van der Waals surface area contributed by atoms with E-state index in [1.807, 2.05) is 6.92 Å². The monoisotopic (exact) mass is 425 g/mol.